The summed E-state index contributed by atoms with van der Waals surface area (Å²) in [5.74, 6) is 0. The van der Waals surface area contributed by atoms with Gasteiger partial charge in [0, 0.05) is 43.6 Å². The summed E-state index contributed by atoms with van der Waals surface area (Å²) in [6.45, 7) is 0. The zero-order valence-electron chi connectivity index (χ0n) is 22.8. The van der Waals surface area contributed by atoms with Gasteiger partial charge in [0.15, 0.2) is 0 Å². The quantitative estimate of drug-likeness (QED) is 0.199. The highest BCUT2D eigenvalue weighted by Crippen LogP contribution is 2.38. The van der Waals surface area contributed by atoms with Gasteiger partial charge in [-0.3, -0.25) is 0 Å². The molecule has 0 unspecified atom stereocenters. The predicted molar refractivity (Wildman–Crippen MR) is 177 cm³/mol. The maximum Gasteiger partial charge on any atom is 0.113 e. The lowest BCUT2D eigenvalue weighted by Gasteiger charge is -2.12. The van der Waals surface area contributed by atoms with Gasteiger partial charge in [0.1, 0.15) is 11.0 Å². The summed E-state index contributed by atoms with van der Waals surface area (Å²) in [6.07, 6.45) is 0. The van der Waals surface area contributed by atoms with Crippen molar-refractivity contribution in [3.63, 3.8) is 0 Å². The molecule has 43 heavy (non-hydrogen) atoms. The lowest BCUT2D eigenvalue weighted by atomic mass is 9.97. The summed E-state index contributed by atoms with van der Waals surface area (Å²) in [6, 6.07) is 43.8. The molecular formula is C37H21N5S. The van der Waals surface area contributed by atoms with Gasteiger partial charge in [-0.1, -0.05) is 97.1 Å². The molecule has 0 bridgehead atoms. The molecule has 0 aliphatic carbocycles. The second kappa shape index (κ2) is 9.48. The van der Waals surface area contributed by atoms with Crippen LogP contribution in [0.15, 0.2) is 127 Å². The molecule has 0 saturated carbocycles. The fraction of sp³-hybridized carbons (Fsp3) is 0. The number of hydrogen-bond acceptors (Lipinski definition) is 6. The van der Waals surface area contributed by atoms with Gasteiger partial charge in [-0.15, -0.1) is 0 Å². The van der Waals surface area contributed by atoms with Crippen molar-refractivity contribution in [1.29, 1.82) is 0 Å². The minimum Gasteiger partial charge on any atom is -0.247 e. The van der Waals surface area contributed by atoms with Crippen molar-refractivity contribution >= 4 is 66.2 Å². The summed E-state index contributed by atoms with van der Waals surface area (Å²) in [4.78, 5) is 15.5. The maximum atomic E-state index is 5.22. The van der Waals surface area contributed by atoms with Crippen LogP contribution in [0.4, 0.5) is 0 Å². The van der Waals surface area contributed by atoms with Gasteiger partial charge in [0.25, 0.3) is 0 Å². The van der Waals surface area contributed by atoms with E-state index < -0.39 is 0 Å². The molecule has 0 aliphatic rings. The number of aromatic nitrogens is 5. The molecule has 200 valence electrons. The average Bonchev–Trinajstić information content (AvgIpc) is 3.57. The number of benzene rings is 5. The topological polar surface area (TPSA) is 64.5 Å². The zero-order chi connectivity index (χ0) is 28.3. The number of pyridine rings is 3. The zero-order valence-corrected chi connectivity index (χ0v) is 23.6. The molecule has 4 heterocycles. The summed E-state index contributed by atoms with van der Waals surface area (Å²) in [5.41, 5.74) is 10.4. The van der Waals surface area contributed by atoms with Crippen LogP contribution in [0.1, 0.15) is 0 Å². The van der Waals surface area contributed by atoms with Crippen LogP contribution in [-0.2, 0) is 0 Å². The van der Waals surface area contributed by atoms with Crippen LogP contribution in [0.3, 0.4) is 0 Å². The third-order valence-corrected chi connectivity index (χ3v) is 8.66. The Hall–Kier alpha value is -5.59. The molecule has 0 saturated heterocycles. The van der Waals surface area contributed by atoms with Crippen LogP contribution in [0, 0.1) is 0 Å². The smallest absolute Gasteiger partial charge is 0.113 e. The Kier molecular flexibility index (Phi) is 5.30. The van der Waals surface area contributed by atoms with Crippen molar-refractivity contribution < 1.29 is 0 Å². The minimum absolute atomic E-state index is 0.880. The Bertz CT molecular complexity index is 2510. The molecule has 6 heteroatoms. The molecule has 0 atom stereocenters. The molecule has 0 fully saturated rings. The van der Waals surface area contributed by atoms with E-state index in [4.69, 9.17) is 15.0 Å². The largest absolute Gasteiger partial charge is 0.247 e. The van der Waals surface area contributed by atoms with Gasteiger partial charge < -0.3 is 0 Å². The molecule has 9 rings (SSSR count). The lowest BCUT2D eigenvalue weighted by Crippen LogP contribution is -1.93. The second-order valence-corrected chi connectivity index (χ2v) is 11.2. The monoisotopic (exact) mass is 567 g/mol. The van der Waals surface area contributed by atoms with E-state index in [0.29, 0.717) is 0 Å². The fourth-order valence-electron chi connectivity index (χ4n) is 6.01. The van der Waals surface area contributed by atoms with Crippen molar-refractivity contribution in [2.45, 2.75) is 0 Å². The highest BCUT2D eigenvalue weighted by molar-refractivity contribution is 7.00. The molecule has 0 N–H and O–H groups in total. The van der Waals surface area contributed by atoms with Crippen LogP contribution in [0.2, 0.25) is 0 Å². The summed E-state index contributed by atoms with van der Waals surface area (Å²) < 4.78 is 9.20. The normalized spacial score (nSPS) is 11.7. The van der Waals surface area contributed by atoms with Gasteiger partial charge in [-0.25, -0.2) is 15.0 Å². The van der Waals surface area contributed by atoms with Crippen molar-refractivity contribution in [1.82, 2.24) is 23.7 Å². The first-order valence-electron chi connectivity index (χ1n) is 14.1. The lowest BCUT2D eigenvalue weighted by molar-refractivity contribution is 1.36. The SMILES string of the molecule is c1ccc(-c2ccc3ccc4ccc(-c5ccc6c(c5)nc(-c5ccccc5)c5ccc7nsnc7c56)nc4c3n2)cc1. The predicted octanol–water partition coefficient (Wildman–Crippen LogP) is 9.49. The minimum atomic E-state index is 0.880. The number of fused-ring (bicyclic) bond motifs is 8. The van der Waals surface area contributed by atoms with E-state index in [1.54, 1.807) is 0 Å². The Morgan fingerprint density at radius 1 is 0.419 bits per heavy atom. The number of rotatable bonds is 3. The Morgan fingerprint density at radius 2 is 1.05 bits per heavy atom. The summed E-state index contributed by atoms with van der Waals surface area (Å²) in [5, 5.41) is 5.33. The van der Waals surface area contributed by atoms with E-state index in [2.05, 4.69) is 93.7 Å². The Morgan fingerprint density at radius 3 is 1.77 bits per heavy atom. The van der Waals surface area contributed by atoms with Crippen molar-refractivity contribution in [2.24, 2.45) is 0 Å². The van der Waals surface area contributed by atoms with E-state index in [-0.39, 0.29) is 0 Å². The van der Waals surface area contributed by atoms with Crippen molar-refractivity contribution in [2.75, 3.05) is 0 Å². The van der Waals surface area contributed by atoms with Crippen LogP contribution in [0.5, 0.6) is 0 Å². The number of hydrogen-bond donors (Lipinski definition) is 0. The molecule has 0 aliphatic heterocycles. The van der Waals surface area contributed by atoms with Gasteiger partial charge in [-0.05, 0) is 30.3 Å². The first-order valence-corrected chi connectivity index (χ1v) is 14.8. The van der Waals surface area contributed by atoms with E-state index in [0.717, 1.165) is 88.3 Å². The summed E-state index contributed by atoms with van der Waals surface area (Å²) >= 11 is 1.24. The second-order valence-electron chi connectivity index (χ2n) is 10.6. The third-order valence-electron chi connectivity index (χ3n) is 8.11. The van der Waals surface area contributed by atoms with Crippen molar-refractivity contribution in [3.8, 4) is 33.8 Å². The first kappa shape index (κ1) is 24.1. The van der Waals surface area contributed by atoms with Crippen LogP contribution in [-0.4, -0.2) is 23.7 Å². The Labute approximate surface area is 250 Å². The average molecular weight is 568 g/mol. The fourth-order valence-corrected chi connectivity index (χ4v) is 6.55. The Balaban J connectivity index is 1.27. The van der Waals surface area contributed by atoms with E-state index in [1.165, 1.54) is 11.7 Å². The van der Waals surface area contributed by atoms with Gasteiger partial charge in [-0.2, -0.15) is 8.75 Å². The van der Waals surface area contributed by atoms with Crippen LogP contribution < -0.4 is 0 Å². The van der Waals surface area contributed by atoms with Gasteiger partial charge in [0.2, 0.25) is 0 Å². The molecule has 4 aromatic heterocycles. The molecule has 5 aromatic carbocycles. The molecule has 9 aromatic rings. The third kappa shape index (κ3) is 3.88. The van der Waals surface area contributed by atoms with E-state index in [1.807, 2.05) is 42.5 Å². The van der Waals surface area contributed by atoms with Crippen molar-refractivity contribution in [3.05, 3.63) is 127 Å². The molecule has 0 spiro atoms. The van der Waals surface area contributed by atoms with E-state index in [9.17, 15) is 0 Å². The standard InChI is InChI=1S/C37H21N5S/c1-3-7-22(8-4-1)29-18-14-24-11-12-25-15-19-30(39-36(25)35(24)38-29)26-13-16-27-32(21-26)40-34(23-9-5-2-6-10-23)28-17-20-31-37(33(27)28)42-43-41-31/h1-21H. The number of nitrogens with zero attached hydrogens (tertiary/aromatic N) is 5. The highest BCUT2D eigenvalue weighted by Gasteiger charge is 2.16. The van der Waals surface area contributed by atoms with Gasteiger partial charge in [0.05, 0.1) is 45.4 Å². The summed E-state index contributed by atoms with van der Waals surface area (Å²) in [7, 11) is 0. The molecule has 5 nitrogen and oxygen atoms in total. The molecule has 0 radical (unpaired) electrons. The van der Waals surface area contributed by atoms with Crippen LogP contribution >= 0.6 is 11.7 Å². The maximum absolute atomic E-state index is 5.22. The van der Waals surface area contributed by atoms with Gasteiger partial charge >= 0.3 is 0 Å². The van der Waals surface area contributed by atoms with Crippen LogP contribution in [0.25, 0.3) is 88.3 Å². The molecule has 0 amide bonds. The molecular weight excluding hydrogens is 547 g/mol. The first-order chi connectivity index (χ1) is 21.3. The van der Waals surface area contributed by atoms with E-state index >= 15 is 0 Å². The highest BCUT2D eigenvalue weighted by atomic mass is 32.1.